The fourth-order valence-electron chi connectivity index (χ4n) is 4.57. The molecule has 7 heteroatoms. The number of nitrogens with zero attached hydrogens (tertiary/aromatic N) is 1. The summed E-state index contributed by atoms with van der Waals surface area (Å²) in [6.45, 7) is 4.15. The summed E-state index contributed by atoms with van der Waals surface area (Å²) in [4.78, 5) is 53.1. The first-order valence-electron chi connectivity index (χ1n) is 13.3. The molecule has 0 fully saturated rings. The average molecular weight is 523 g/mol. The smallest absolute Gasteiger partial charge is 0.307 e. The molecule has 0 aromatic heterocycles. The minimum atomic E-state index is -1.04. The number of rotatable bonds is 17. The third-order valence-corrected chi connectivity index (χ3v) is 6.50. The highest BCUT2D eigenvalue weighted by Gasteiger charge is 2.30. The molecule has 0 radical (unpaired) electrons. The van der Waals surface area contributed by atoms with Crippen molar-refractivity contribution < 1.29 is 24.3 Å². The van der Waals surface area contributed by atoms with Crippen LogP contribution < -0.4 is 5.32 Å². The van der Waals surface area contributed by atoms with Gasteiger partial charge in [0.25, 0.3) is 0 Å². The van der Waals surface area contributed by atoms with Gasteiger partial charge in [-0.3, -0.25) is 19.2 Å². The fraction of sp³-hybridized carbons (Fsp3) is 0.484. The van der Waals surface area contributed by atoms with Crippen LogP contribution in [-0.4, -0.2) is 60.1 Å². The molecule has 2 aromatic carbocycles. The van der Waals surface area contributed by atoms with Crippen LogP contribution in [0.2, 0.25) is 0 Å². The van der Waals surface area contributed by atoms with Crippen LogP contribution >= 0.6 is 0 Å². The Bertz CT molecular complexity index is 1040. The summed E-state index contributed by atoms with van der Waals surface area (Å²) in [6.07, 6.45) is 1.67. The summed E-state index contributed by atoms with van der Waals surface area (Å²) < 4.78 is 0. The average Bonchev–Trinajstić information content (AvgIpc) is 2.86. The molecule has 38 heavy (non-hydrogen) atoms. The quantitative estimate of drug-likeness (QED) is 0.323. The number of carboxylic acids is 1. The van der Waals surface area contributed by atoms with Crippen LogP contribution in [0.3, 0.4) is 0 Å². The van der Waals surface area contributed by atoms with Crippen molar-refractivity contribution in [2.24, 2.45) is 17.8 Å². The van der Waals surface area contributed by atoms with E-state index in [-0.39, 0.29) is 49.2 Å². The Labute approximate surface area is 226 Å². The van der Waals surface area contributed by atoms with Gasteiger partial charge in [0.05, 0.1) is 18.5 Å². The lowest BCUT2D eigenvalue weighted by Crippen LogP contribution is -2.46. The normalized spacial score (nSPS) is 13.6. The van der Waals surface area contributed by atoms with Gasteiger partial charge in [-0.1, -0.05) is 74.5 Å². The number of ketones is 2. The first-order valence-corrected chi connectivity index (χ1v) is 13.3. The Morgan fingerprint density at radius 2 is 1.42 bits per heavy atom. The second-order valence-electron chi connectivity index (χ2n) is 10.8. The Balaban J connectivity index is 2.15. The van der Waals surface area contributed by atoms with Crippen molar-refractivity contribution in [3.05, 3.63) is 71.8 Å². The zero-order valence-electron chi connectivity index (χ0n) is 23.1. The second-order valence-corrected chi connectivity index (χ2v) is 10.8. The van der Waals surface area contributed by atoms with Crippen LogP contribution in [0.4, 0.5) is 0 Å². The third kappa shape index (κ3) is 11.4. The minimum absolute atomic E-state index is 0.0382. The lowest BCUT2D eigenvalue weighted by molar-refractivity contribution is -0.144. The number of likely N-dealkylation sites (N-methyl/N-ethyl adjacent to an activating group) is 1. The third-order valence-electron chi connectivity index (χ3n) is 6.50. The van der Waals surface area contributed by atoms with Crippen LogP contribution in [-0.2, 0) is 32.0 Å². The van der Waals surface area contributed by atoms with E-state index in [1.54, 1.807) is 4.90 Å². The lowest BCUT2D eigenvalue weighted by Gasteiger charge is -2.24. The van der Waals surface area contributed by atoms with Crippen molar-refractivity contribution in [3.8, 4) is 0 Å². The van der Waals surface area contributed by atoms with Gasteiger partial charge < -0.3 is 15.3 Å². The van der Waals surface area contributed by atoms with Crippen molar-refractivity contribution in [1.29, 1.82) is 0 Å². The highest BCUT2D eigenvalue weighted by molar-refractivity contribution is 5.93. The summed E-state index contributed by atoms with van der Waals surface area (Å²) >= 11 is 0. The SMILES string of the molecule is CC(C)C[C@H](NC(=O)[C@H](CCc1ccccc1)CC(=O)CN(C)C)C(=O)C[C@@H](Cc1ccccc1)C(=O)O. The second kappa shape index (κ2) is 15.8. The van der Waals surface area contributed by atoms with Crippen molar-refractivity contribution >= 4 is 23.4 Å². The molecule has 0 aliphatic carbocycles. The molecule has 2 N–H and O–H groups in total. The van der Waals surface area contributed by atoms with Crippen molar-refractivity contribution in [1.82, 2.24) is 10.2 Å². The molecule has 0 saturated carbocycles. The number of nitrogens with one attached hydrogen (secondary N) is 1. The number of hydrogen-bond acceptors (Lipinski definition) is 5. The van der Waals surface area contributed by atoms with Gasteiger partial charge in [-0.05, 0) is 56.8 Å². The molecule has 0 aliphatic heterocycles. The molecule has 2 rings (SSSR count). The number of amides is 1. The van der Waals surface area contributed by atoms with Gasteiger partial charge in [-0.2, -0.15) is 0 Å². The van der Waals surface area contributed by atoms with E-state index in [2.05, 4.69) is 5.32 Å². The molecule has 0 unspecified atom stereocenters. The lowest BCUT2D eigenvalue weighted by atomic mass is 9.88. The van der Waals surface area contributed by atoms with Crippen LogP contribution in [0.15, 0.2) is 60.7 Å². The number of carbonyl (C=O) groups is 4. The van der Waals surface area contributed by atoms with Crippen molar-refractivity contribution in [2.45, 2.75) is 58.4 Å². The summed E-state index contributed by atoms with van der Waals surface area (Å²) in [5.74, 6) is -3.05. The number of carbonyl (C=O) groups excluding carboxylic acids is 3. The molecule has 2 aromatic rings. The van der Waals surface area contributed by atoms with Crippen LogP contribution in [0.1, 0.15) is 50.7 Å². The molecule has 1 amide bonds. The molecular weight excluding hydrogens is 480 g/mol. The van der Waals surface area contributed by atoms with E-state index in [9.17, 15) is 24.3 Å². The van der Waals surface area contributed by atoms with E-state index in [1.807, 2.05) is 88.6 Å². The number of aliphatic carboxylic acids is 1. The first-order chi connectivity index (χ1) is 18.0. The van der Waals surface area contributed by atoms with Gasteiger partial charge >= 0.3 is 5.97 Å². The summed E-state index contributed by atoms with van der Waals surface area (Å²) in [5, 5.41) is 12.7. The molecule has 7 nitrogen and oxygen atoms in total. The fourth-order valence-corrected chi connectivity index (χ4v) is 4.57. The number of benzene rings is 2. The molecule has 0 aliphatic rings. The maximum Gasteiger partial charge on any atom is 0.307 e. The van der Waals surface area contributed by atoms with Gasteiger partial charge in [0.15, 0.2) is 5.78 Å². The van der Waals surface area contributed by atoms with E-state index in [0.29, 0.717) is 19.3 Å². The number of aryl methyl sites for hydroxylation is 1. The molecular formula is C31H42N2O5. The Morgan fingerprint density at radius 1 is 0.842 bits per heavy atom. The van der Waals surface area contributed by atoms with Crippen molar-refractivity contribution in [3.63, 3.8) is 0 Å². The predicted octanol–water partition coefficient (Wildman–Crippen LogP) is 4.19. The summed E-state index contributed by atoms with van der Waals surface area (Å²) in [7, 11) is 3.62. The van der Waals surface area contributed by atoms with E-state index >= 15 is 0 Å². The van der Waals surface area contributed by atoms with Gasteiger partial charge in [0, 0.05) is 18.8 Å². The Kier molecular flexibility index (Phi) is 12.9. The monoisotopic (exact) mass is 522 g/mol. The zero-order valence-corrected chi connectivity index (χ0v) is 23.1. The highest BCUT2D eigenvalue weighted by atomic mass is 16.4. The molecule has 3 atom stereocenters. The van der Waals surface area contributed by atoms with Gasteiger partial charge in [0.1, 0.15) is 5.78 Å². The Hall–Kier alpha value is -3.32. The van der Waals surface area contributed by atoms with Gasteiger partial charge in [-0.25, -0.2) is 0 Å². The molecule has 0 spiro atoms. The minimum Gasteiger partial charge on any atom is -0.481 e. The summed E-state index contributed by atoms with van der Waals surface area (Å²) in [6, 6.07) is 18.2. The van der Waals surface area contributed by atoms with E-state index in [4.69, 9.17) is 0 Å². The van der Waals surface area contributed by atoms with Crippen LogP contribution in [0.5, 0.6) is 0 Å². The number of carboxylic acid groups (broad SMARTS) is 1. The van der Waals surface area contributed by atoms with Crippen LogP contribution in [0.25, 0.3) is 0 Å². The van der Waals surface area contributed by atoms with Gasteiger partial charge in [0.2, 0.25) is 5.91 Å². The largest absolute Gasteiger partial charge is 0.481 e. The maximum atomic E-state index is 13.4. The van der Waals surface area contributed by atoms with Crippen molar-refractivity contribution in [2.75, 3.05) is 20.6 Å². The van der Waals surface area contributed by atoms with E-state index in [1.165, 1.54) is 0 Å². The zero-order chi connectivity index (χ0) is 28.1. The molecule has 0 bridgehead atoms. The predicted molar refractivity (Wildman–Crippen MR) is 149 cm³/mol. The molecule has 206 valence electrons. The first kappa shape index (κ1) is 30.9. The summed E-state index contributed by atoms with van der Waals surface area (Å²) in [5.41, 5.74) is 1.92. The van der Waals surface area contributed by atoms with Gasteiger partial charge in [-0.15, -0.1) is 0 Å². The standard InChI is InChI=1S/C31H42N2O5/c1-22(2)17-28(29(35)20-26(31(37)38)18-24-13-9-6-10-14-24)32-30(36)25(19-27(34)21-33(3)4)16-15-23-11-7-5-8-12-23/h5-14,22,25-26,28H,15-21H2,1-4H3,(H,32,36)(H,37,38)/t25-,26-,28+/m1/s1. The van der Waals surface area contributed by atoms with E-state index < -0.39 is 23.8 Å². The number of Topliss-reactive ketones (excluding diaryl/α,β-unsaturated/α-hetero) is 2. The van der Waals surface area contributed by atoms with Crippen LogP contribution in [0, 0.1) is 17.8 Å². The maximum absolute atomic E-state index is 13.4. The van der Waals surface area contributed by atoms with E-state index in [0.717, 1.165) is 11.1 Å². The highest BCUT2D eigenvalue weighted by Crippen LogP contribution is 2.19. The topological polar surface area (TPSA) is 104 Å². The molecule has 0 saturated heterocycles. The Morgan fingerprint density at radius 3 is 1.95 bits per heavy atom. The number of hydrogen-bond donors (Lipinski definition) is 2. The molecule has 0 heterocycles.